The van der Waals surface area contributed by atoms with E-state index >= 15 is 0 Å². The molecule has 4 aromatic heterocycles. The summed E-state index contributed by atoms with van der Waals surface area (Å²) in [5.41, 5.74) is 6.94. The van der Waals surface area contributed by atoms with Crippen LogP contribution in [-0.2, 0) is 0 Å². The van der Waals surface area contributed by atoms with E-state index in [1.807, 2.05) is 127 Å². The predicted molar refractivity (Wildman–Crippen MR) is 211 cm³/mol. The van der Waals surface area contributed by atoms with Gasteiger partial charge in [-0.05, 0) is 84.9 Å². The van der Waals surface area contributed by atoms with Crippen molar-refractivity contribution < 1.29 is 14.4 Å². The molecule has 4 heterocycles. The number of benzene rings is 3. The van der Waals surface area contributed by atoms with Crippen molar-refractivity contribution in [1.82, 2.24) is 19.9 Å². The predicted octanol–water partition coefficient (Wildman–Crippen LogP) is 8.10. The Hall–Kier alpha value is -7.33. The van der Waals surface area contributed by atoms with Gasteiger partial charge in [0.15, 0.2) is 0 Å². The van der Waals surface area contributed by atoms with Crippen molar-refractivity contribution in [3.63, 3.8) is 0 Å². The second-order valence-corrected chi connectivity index (χ2v) is 12.5. The van der Waals surface area contributed by atoms with Gasteiger partial charge in [0.2, 0.25) is 0 Å². The largest absolute Gasteiger partial charge is 0.311 e. The van der Waals surface area contributed by atoms with Crippen molar-refractivity contribution in [3.8, 4) is 33.8 Å². The lowest BCUT2D eigenvalue weighted by molar-refractivity contribution is 0.0984. The highest BCUT2D eigenvalue weighted by molar-refractivity contribution is 6.12. The molecule has 3 aromatic carbocycles. The molecule has 0 radical (unpaired) electrons. The van der Waals surface area contributed by atoms with E-state index in [-0.39, 0.29) is 17.0 Å². The average Bonchev–Trinajstić information content (AvgIpc) is 3.25. The molecule has 0 N–H and O–H groups in total. The van der Waals surface area contributed by atoms with E-state index in [2.05, 4.69) is 19.9 Å². The Morgan fingerprint density at radius 1 is 0.407 bits per heavy atom. The molecule has 0 bridgehead atoms. The molecule has 0 fully saturated rings. The van der Waals surface area contributed by atoms with Crippen molar-refractivity contribution in [2.24, 2.45) is 0 Å². The van der Waals surface area contributed by atoms with Gasteiger partial charge in [0.05, 0.1) is 17.1 Å². The fraction of sp³-hybridized carbons (Fsp3) is 0.0682. The third kappa shape index (κ3) is 7.49. The normalized spacial score (nSPS) is 10.7. The summed E-state index contributed by atoms with van der Waals surface area (Å²) in [6, 6.07) is 42.1. The summed E-state index contributed by atoms with van der Waals surface area (Å²) in [6.07, 6.45) is 5.17. The SMILES string of the molecule is CN(C(=O)c1cc(C(=O)N(C)c2ccc(-c3ccccn3)cc2)nc(C(=O)N(C)c2ccc(-c3ccccn3)cc2)c1)c1ccc(-c2ccccn2)cc1. The van der Waals surface area contributed by atoms with Crippen LogP contribution >= 0.6 is 0 Å². The lowest BCUT2D eigenvalue weighted by Crippen LogP contribution is -2.32. The molecule has 0 saturated carbocycles. The number of aromatic nitrogens is 4. The van der Waals surface area contributed by atoms with E-state index in [4.69, 9.17) is 0 Å². The minimum absolute atomic E-state index is 0.0571. The van der Waals surface area contributed by atoms with Crippen LogP contribution in [-0.4, -0.2) is 58.8 Å². The van der Waals surface area contributed by atoms with Gasteiger partial charge in [-0.15, -0.1) is 0 Å². The Morgan fingerprint density at radius 3 is 1.02 bits per heavy atom. The van der Waals surface area contributed by atoms with Crippen LogP contribution in [0.5, 0.6) is 0 Å². The Labute approximate surface area is 313 Å². The van der Waals surface area contributed by atoms with Crippen LogP contribution in [0.25, 0.3) is 33.8 Å². The van der Waals surface area contributed by atoms with Gasteiger partial charge in [0.25, 0.3) is 17.7 Å². The molecule has 264 valence electrons. The highest BCUT2D eigenvalue weighted by Gasteiger charge is 2.25. The zero-order valence-corrected chi connectivity index (χ0v) is 29.9. The molecule has 0 atom stereocenters. The van der Waals surface area contributed by atoms with Crippen molar-refractivity contribution >= 4 is 34.8 Å². The van der Waals surface area contributed by atoms with E-state index in [0.717, 1.165) is 33.8 Å². The Kier molecular flexibility index (Phi) is 10.1. The van der Waals surface area contributed by atoms with Crippen molar-refractivity contribution in [1.29, 1.82) is 0 Å². The van der Waals surface area contributed by atoms with Gasteiger partial charge < -0.3 is 14.7 Å². The first-order valence-corrected chi connectivity index (χ1v) is 17.2. The van der Waals surface area contributed by atoms with E-state index in [1.54, 1.807) is 39.7 Å². The summed E-state index contributed by atoms with van der Waals surface area (Å²) >= 11 is 0. The summed E-state index contributed by atoms with van der Waals surface area (Å²) in [5.74, 6) is -1.40. The highest BCUT2D eigenvalue weighted by atomic mass is 16.2. The maximum atomic E-state index is 14.1. The van der Waals surface area contributed by atoms with Gasteiger partial charge in [-0.1, -0.05) is 54.6 Å². The molecule has 0 unspecified atom stereocenters. The summed E-state index contributed by atoms with van der Waals surface area (Å²) < 4.78 is 0. The van der Waals surface area contributed by atoms with Crippen LogP contribution in [0.4, 0.5) is 17.1 Å². The van der Waals surface area contributed by atoms with Crippen LogP contribution in [0.3, 0.4) is 0 Å². The van der Waals surface area contributed by atoms with Crippen LogP contribution in [0.2, 0.25) is 0 Å². The number of hydrogen-bond acceptors (Lipinski definition) is 7. The number of pyridine rings is 4. The minimum Gasteiger partial charge on any atom is -0.311 e. The number of hydrogen-bond donors (Lipinski definition) is 0. The molecule has 7 aromatic rings. The molecule has 0 aliphatic rings. The molecule has 0 spiro atoms. The van der Waals surface area contributed by atoms with Gasteiger partial charge in [-0.25, -0.2) is 4.98 Å². The smallest absolute Gasteiger partial charge is 0.276 e. The van der Waals surface area contributed by atoms with Gasteiger partial charge in [0.1, 0.15) is 11.4 Å². The van der Waals surface area contributed by atoms with Crippen LogP contribution in [0, 0.1) is 0 Å². The molecule has 7 rings (SSSR count). The molecule has 10 heteroatoms. The van der Waals surface area contributed by atoms with Gasteiger partial charge in [-0.2, -0.15) is 0 Å². The topological polar surface area (TPSA) is 112 Å². The molecular weight excluding hydrogens is 675 g/mol. The molecule has 0 aliphatic heterocycles. The number of carbonyl (C=O) groups is 3. The number of carbonyl (C=O) groups excluding carboxylic acids is 3. The maximum absolute atomic E-state index is 14.1. The average molecular weight is 710 g/mol. The molecule has 10 nitrogen and oxygen atoms in total. The van der Waals surface area contributed by atoms with Crippen LogP contribution in [0.15, 0.2) is 158 Å². The Bertz CT molecular complexity index is 2120. The molecule has 0 aliphatic carbocycles. The molecule has 3 amide bonds. The summed E-state index contributed by atoms with van der Waals surface area (Å²) in [7, 11) is 4.90. The highest BCUT2D eigenvalue weighted by Crippen LogP contribution is 2.26. The first kappa shape index (κ1) is 35.1. The monoisotopic (exact) mass is 709 g/mol. The third-order valence-corrected chi connectivity index (χ3v) is 9.07. The number of anilines is 3. The van der Waals surface area contributed by atoms with Crippen molar-refractivity contribution in [2.75, 3.05) is 35.8 Å². The molecule has 54 heavy (non-hydrogen) atoms. The zero-order valence-electron chi connectivity index (χ0n) is 29.9. The number of rotatable bonds is 9. The first-order valence-electron chi connectivity index (χ1n) is 17.2. The fourth-order valence-corrected chi connectivity index (χ4v) is 5.93. The van der Waals surface area contributed by atoms with Crippen molar-refractivity contribution in [3.05, 3.63) is 175 Å². The van der Waals surface area contributed by atoms with Gasteiger partial charge >= 0.3 is 0 Å². The van der Waals surface area contributed by atoms with Crippen LogP contribution in [0.1, 0.15) is 31.3 Å². The summed E-state index contributed by atoms with van der Waals surface area (Å²) in [5, 5.41) is 0. The van der Waals surface area contributed by atoms with Crippen LogP contribution < -0.4 is 14.7 Å². The quantitative estimate of drug-likeness (QED) is 0.149. The zero-order chi connectivity index (χ0) is 37.6. The summed E-state index contributed by atoms with van der Waals surface area (Å²) in [4.78, 5) is 64.3. The summed E-state index contributed by atoms with van der Waals surface area (Å²) in [6.45, 7) is 0. The number of nitrogens with zero attached hydrogens (tertiary/aromatic N) is 7. The number of amides is 3. The molecule has 0 saturated heterocycles. The van der Waals surface area contributed by atoms with E-state index < -0.39 is 17.7 Å². The maximum Gasteiger partial charge on any atom is 0.276 e. The fourth-order valence-electron chi connectivity index (χ4n) is 5.93. The second kappa shape index (κ2) is 15.5. The van der Waals surface area contributed by atoms with E-state index in [1.165, 1.54) is 26.8 Å². The Balaban J connectivity index is 1.20. The van der Waals surface area contributed by atoms with Gasteiger partial charge in [-0.3, -0.25) is 29.3 Å². The minimum atomic E-state index is -0.492. The molecular formula is C44H35N7O3. The lowest BCUT2D eigenvalue weighted by Gasteiger charge is -2.22. The third-order valence-electron chi connectivity index (χ3n) is 9.07. The van der Waals surface area contributed by atoms with Crippen molar-refractivity contribution in [2.45, 2.75) is 0 Å². The lowest BCUT2D eigenvalue weighted by atomic mass is 10.1. The van der Waals surface area contributed by atoms with E-state index in [9.17, 15) is 14.4 Å². The Morgan fingerprint density at radius 2 is 0.722 bits per heavy atom. The standard InChI is InChI=1S/C44H35N7O3/c1-49(34-19-13-30(14-20-34)37-10-4-7-25-45-37)42(52)33-28-40(43(53)50(2)35-21-15-31(16-22-35)38-11-5-8-26-46-38)48-41(29-33)44(54)51(3)36-23-17-32(18-24-36)39-12-6-9-27-47-39/h4-29H,1-3H3. The van der Waals surface area contributed by atoms with E-state index in [0.29, 0.717) is 17.1 Å². The first-order chi connectivity index (χ1) is 26.3. The van der Waals surface area contributed by atoms with Gasteiger partial charge in [0, 0.05) is 79.0 Å². The second-order valence-electron chi connectivity index (χ2n) is 12.5.